The highest BCUT2D eigenvalue weighted by Gasteiger charge is 2.04. The molecule has 0 spiro atoms. The monoisotopic (exact) mass is 353 g/mol. The molecular formula is C16H21Cl2N5. The second kappa shape index (κ2) is 8.34. The standard InChI is InChI=1S/C16H21Cl2N5/c1-11-20-15(19-7-4-8-23(2)3)10-16(21-11)22-12-5-6-13(17)14(18)9-12/h5-6,9-10H,4,7-8H2,1-3H3,(H2,19,20,21,22). The van der Waals surface area contributed by atoms with Crippen molar-refractivity contribution in [2.24, 2.45) is 0 Å². The molecular weight excluding hydrogens is 333 g/mol. The number of aromatic nitrogens is 2. The van der Waals surface area contributed by atoms with Crippen molar-refractivity contribution in [2.45, 2.75) is 13.3 Å². The quantitative estimate of drug-likeness (QED) is 0.730. The van der Waals surface area contributed by atoms with E-state index in [2.05, 4.69) is 39.6 Å². The molecule has 5 nitrogen and oxygen atoms in total. The predicted molar refractivity (Wildman–Crippen MR) is 98.2 cm³/mol. The van der Waals surface area contributed by atoms with Gasteiger partial charge in [-0.15, -0.1) is 0 Å². The van der Waals surface area contributed by atoms with E-state index in [0.717, 1.165) is 31.0 Å². The molecule has 1 aromatic heterocycles. The molecule has 2 N–H and O–H groups in total. The molecule has 2 rings (SSSR count). The van der Waals surface area contributed by atoms with E-state index in [0.29, 0.717) is 21.7 Å². The van der Waals surface area contributed by atoms with Gasteiger partial charge in [0.05, 0.1) is 10.0 Å². The summed E-state index contributed by atoms with van der Waals surface area (Å²) in [5.41, 5.74) is 0.830. The molecule has 1 heterocycles. The second-order valence-electron chi connectivity index (χ2n) is 5.52. The minimum atomic E-state index is 0.504. The Morgan fingerprint density at radius 1 is 1.04 bits per heavy atom. The van der Waals surface area contributed by atoms with Gasteiger partial charge in [0.2, 0.25) is 0 Å². The van der Waals surface area contributed by atoms with Gasteiger partial charge in [-0.2, -0.15) is 0 Å². The summed E-state index contributed by atoms with van der Waals surface area (Å²) in [4.78, 5) is 10.9. The molecule has 0 aliphatic heterocycles. The molecule has 0 saturated carbocycles. The van der Waals surface area contributed by atoms with Crippen LogP contribution in [0.25, 0.3) is 0 Å². The van der Waals surface area contributed by atoms with E-state index in [1.54, 1.807) is 12.1 Å². The van der Waals surface area contributed by atoms with Gasteiger partial charge in [0.15, 0.2) is 0 Å². The number of nitrogens with zero attached hydrogens (tertiary/aromatic N) is 3. The molecule has 2 aromatic rings. The molecule has 0 amide bonds. The van der Waals surface area contributed by atoms with Crippen LogP contribution in [0.15, 0.2) is 24.3 Å². The van der Waals surface area contributed by atoms with Crippen molar-refractivity contribution in [3.05, 3.63) is 40.1 Å². The van der Waals surface area contributed by atoms with Crippen LogP contribution in [0.5, 0.6) is 0 Å². The summed E-state index contributed by atoms with van der Waals surface area (Å²) < 4.78 is 0. The maximum Gasteiger partial charge on any atom is 0.136 e. The summed E-state index contributed by atoms with van der Waals surface area (Å²) in [6.45, 7) is 3.76. The third kappa shape index (κ3) is 5.86. The van der Waals surface area contributed by atoms with E-state index in [1.165, 1.54) is 0 Å². The van der Waals surface area contributed by atoms with Crippen molar-refractivity contribution in [3.63, 3.8) is 0 Å². The highest BCUT2D eigenvalue weighted by Crippen LogP contribution is 2.26. The van der Waals surface area contributed by atoms with Crippen LogP contribution < -0.4 is 10.6 Å². The molecule has 0 aliphatic rings. The van der Waals surface area contributed by atoms with Crippen LogP contribution in [0, 0.1) is 6.92 Å². The molecule has 0 bridgehead atoms. The maximum absolute atomic E-state index is 6.03. The van der Waals surface area contributed by atoms with E-state index < -0.39 is 0 Å². The Bertz CT molecular complexity index is 661. The number of nitrogens with one attached hydrogen (secondary N) is 2. The van der Waals surface area contributed by atoms with Gasteiger partial charge in [-0.3, -0.25) is 0 Å². The second-order valence-corrected chi connectivity index (χ2v) is 6.34. The number of rotatable bonds is 7. The van der Waals surface area contributed by atoms with Crippen LogP contribution in [0.1, 0.15) is 12.2 Å². The summed E-state index contributed by atoms with van der Waals surface area (Å²) >= 11 is 12.0. The fourth-order valence-corrected chi connectivity index (χ4v) is 2.35. The zero-order valence-electron chi connectivity index (χ0n) is 13.5. The van der Waals surface area contributed by atoms with Crippen LogP contribution in [0.2, 0.25) is 10.0 Å². The topological polar surface area (TPSA) is 53.1 Å². The van der Waals surface area contributed by atoms with Gasteiger partial charge in [0.25, 0.3) is 0 Å². The number of anilines is 3. The van der Waals surface area contributed by atoms with Gasteiger partial charge in [0.1, 0.15) is 17.5 Å². The van der Waals surface area contributed by atoms with E-state index in [4.69, 9.17) is 23.2 Å². The Morgan fingerprint density at radius 3 is 2.48 bits per heavy atom. The van der Waals surface area contributed by atoms with Crippen molar-refractivity contribution in [1.29, 1.82) is 0 Å². The summed E-state index contributed by atoms with van der Waals surface area (Å²) in [7, 11) is 4.13. The third-order valence-corrected chi connectivity index (χ3v) is 3.86. The van der Waals surface area contributed by atoms with Crippen LogP contribution >= 0.6 is 23.2 Å². The normalized spacial score (nSPS) is 10.9. The number of benzene rings is 1. The first-order valence-corrected chi connectivity index (χ1v) is 8.16. The van der Waals surface area contributed by atoms with Gasteiger partial charge in [-0.05, 0) is 52.2 Å². The largest absolute Gasteiger partial charge is 0.370 e. The van der Waals surface area contributed by atoms with Gasteiger partial charge in [0, 0.05) is 18.3 Å². The van der Waals surface area contributed by atoms with Gasteiger partial charge in [-0.1, -0.05) is 23.2 Å². The van der Waals surface area contributed by atoms with Crippen LogP contribution in [0.3, 0.4) is 0 Å². The molecule has 0 unspecified atom stereocenters. The molecule has 0 radical (unpaired) electrons. The van der Waals surface area contributed by atoms with E-state index in [1.807, 2.05) is 19.1 Å². The Labute approximate surface area is 147 Å². The van der Waals surface area contributed by atoms with Crippen molar-refractivity contribution in [2.75, 3.05) is 37.8 Å². The molecule has 1 aromatic carbocycles. The zero-order chi connectivity index (χ0) is 16.8. The van der Waals surface area contributed by atoms with Crippen molar-refractivity contribution < 1.29 is 0 Å². The van der Waals surface area contributed by atoms with Crippen LogP contribution in [-0.4, -0.2) is 42.1 Å². The Morgan fingerprint density at radius 2 is 1.78 bits per heavy atom. The van der Waals surface area contributed by atoms with Crippen molar-refractivity contribution in [1.82, 2.24) is 14.9 Å². The van der Waals surface area contributed by atoms with Gasteiger partial charge < -0.3 is 15.5 Å². The molecule has 0 fully saturated rings. The summed E-state index contributed by atoms with van der Waals surface area (Å²) in [5, 5.41) is 7.57. The van der Waals surface area contributed by atoms with Crippen molar-refractivity contribution >= 4 is 40.5 Å². The predicted octanol–water partition coefficient (Wildman–Crippen LogP) is 4.20. The number of hydrogen-bond donors (Lipinski definition) is 2. The average Bonchev–Trinajstić information content (AvgIpc) is 2.47. The molecule has 124 valence electrons. The van der Waals surface area contributed by atoms with Crippen LogP contribution in [-0.2, 0) is 0 Å². The number of hydrogen-bond acceptors (Lipinski definition) is 5. The number of aryl methyl sites for hydroxylation is 1. The first-order valence-electron chi connectivity index (χ1n) is 7.40. The van der Waals surface area contributed by atoms with Gasteiger partial charge in [-0.25, -0.2) is 9.97 Å². The minimum Gasteiger partial charge on any atom is -0.370 e. The van der Waals surface area contributed by atoms with Crippen molar-refractivity contribution in [3.8, 4) is 0 Å². The Balaban J connectivity index is 2.03. The average molecular weight is 354 g/mol. The molecule has 0 aliphatic carbocycles. The fourth-order valence-electron chi connectivity index (χ4n) is 2.06. The molecule has 7 heteroatoms. The Kier molecular flexibility index (Phi) is 6.45. The third-order valence-electron chi connectivity index (χ3n) is 3.12. The summed E-state index contributed by atoms with van der Waals surface area (Å²) in [6, 6.07) is 7.26. The first kappa shape index (κ1) is 17.8. The van der Waals surface area contributed by atoms with Crippen LogP contribution in [0.4, 0.5) is 17.3 Å². The summed E-state index contributed by atoms with van der Waals surface area (Å²) in [5.74, 6) is 2.22. The minimum absolute atomic E-state index is 0.504. The summed E-state index contributed by atoms with van der Waals surface area (Å²) in [6.07, 6.45) is 1.05. The smallest absolute Gasteiger partial charge is 0.136 e. The fraction of sp³-hybridized carbons (Fsp3) is 0.375. The van der Waals surface area contributed by atoms with Gasteiger partial charge >= 0.3 is 0 Å². The van der Waals surface area contributed by atoms with E-state index in [9.17, 15) is 0 Å². The SMILES string of the molecule is Cc1nc(NCCCN(C)C)cc(Nc2ccc(Cl)c(Cl)c2)n1. The lowest BCUT2D eigenvalue weighted by molar-refractivity contribution is 0.405. The molecule has 23 heavy (non-hydrogen) atoms. The molecule has 0 saturated heterocycles. The lowest BCUT2D eigenvalue weighted by atomic mass is 10.3. The lowest BCUT2D eigenvalue weighted by Gasteiger charge is -2.12. The maximum atomic E-state index is 6.03. The van der Waals surface area contributed by atoms with E-state index in [-0.39, 0.29) is 0 Å². The van der Waals surface area contributed by atoms with E-state index >= 15 is 0 Å². The zero-order valence-corrected chi connectivity index (χ0v) is 15.0. The lowest BCUT2D eigenvalue weighted by Crippen LogP contribution is -2.16. The molecule has 0 atom stereocenters. The highest BCUT2D eigenvalue weighted by atomic mass is 35.5. The Hall–Kier alpha value is -1.56. The number of halogens is 2. The first-order chi connectivity index (χ1) is 10.9. The highest BCUT2D eigenvalue weighted by molar-refractivity contribution is 6.42.